The van der Waals surface area contributed by atoms with Gasteiger partial charge in [-0.1, -0.05) is 0 Å². The Balaban J connectivity index is 1.44. The van der Waals surface area contributed by atoms with Crippen molar-refractivity contribution in [2.75, 3.05) is 26.2 Å². The summed E-state index contributed by atoms with van der Waals surface area (Å²) in [6, 6.07) is 0. The lowest BCUT2D eigenvalue weighted by atomic mass is 9.94. The topological polar surface area (TPSA) is 50.4 Å². The fraction of sp³-hybridized carbons (Fsp3) is 0.933. The highest BCUT2D eigenvalue weighted by Crippen LogP contribution is 2.17. The van der Waals surface area contributed by atoms with Crippen molar-refractivity contribution in [3.05, 3.63) is 0 Å². The molecule has 2 aliphatic rings. The molecule has 4 heteroatoms. The zero-order valence-electron chi connectivity index (χ0n) is 12.0. The number of carbonyl (C=O) groups is 1. The zero-order valence-corrected chi connectivity index (χ0v) is 12.0. The van der Waals surface area contributed by atoms with Crippen molar-refractivity contribution < 1.29 is 9.53 Å². The molecule has 0 bridgehead atoms. The molecule has 1 atom stereocenters. The lowest BCUT2D eigenvalue weighted by Crippen LogP contribution is -2.32. The Morgan fingerprint density at radius 1 is 1.21 bits per heavy atom. The van der Waals surface area contributed by atoms with Crippen LogP contribution in [0.5, 0.6) is 0 Å². The Kier molecular flexibility index (Phi) is 6.65. The summed E-state index contributed by atoms with van der Waals surface area (Å²) >= 11 is 0. The molecule has 19 heavy (non-hydrogen) atoms. The Morgan fingerprint density at radius 3 is 2.79 bits per heavy atom. The average molecular weight is 268 g/mol. The fourth-order valence-corrected chi connectivity index (χ4v) is 3.02. The van der Waals surface area contributed by atoms with Gasteiger partial charge in [0.1, 0.15) is 0 Å². The molecule has 2 N–H and O–H groups in total. The van der Waals surface area contributed by atoms with Gasteiger partial charge in [-0.25, -0.2) is 0 Å². The van der Waals surface area contributed by atoms with Gasteiger partial charge in [0.25, 0.3) is 0 Å². The highest BCUT2D eigenvalue weighted by atomic mass is 16.5. The van der Waals surface area contributed by atoms with Crippen LogP contribution in [-0.2, 0) is 9.53 Å². The first-order chi connectivity index (χ1) is 9.34. The van der Waals surface area contributed by atoms with Crippen molar-refractivity contribution in [2.45, 2.75) is 57.5 Å². The van der Waals surface area contributed by atoms with Crippen LogP contribution in [0.2, 0.25) is 0 Å². The van der Waals surface area contributed by atoms with Gasteiger partial charge in [0, 0.05) is 19.6 Å². The molecule has 2 rings (SSSR count). The summed E-state index contributed by atoms with van der Waals surface area (Å²) in [6.45, 7) is 3.91. The van der Waals surface area contributed by atoms with Crippen molar-refractivity contribution in [2.24, 2.45) is 5.92 Å². The predicted molar refractivity (Wildman–Crippen MR) is 76.0 cm³/mol. The van der Waals surface area contributed by atoms with E-state index < -0.39 is 0 Å². The standard InChI is InChI=1S/C15H28N2O2/c18-15(12-13-6-9-16-10-7-13)17-8-2-1-4-14-5-3-11-19-14/h13-14,16H,1-12H2,(H,17,18)/t14-/m0/s1. The molecule has 4 nitrogen and oxygen atoms in total. The van der Waals surface area contributed by atoms with E-state index in [1.165, 1.54) is 12.8 Å². The van der Waals surface area contributed by atoms with Gasteiger partial charge in [-0.3, -0.25) is 4.79 Å². The number of carbonyl (C=O) groups excluding carboxylic acids is 1. The lowest BCUT2D eigenvalue weighted by molar-refractivity contribution is -0.122. The van der Waals surface area contributed by atoms with E-state index in [2.05, 4.69) is 10.6 Å². The van der Waals surface area contributed by atoms with Gasteiger partial charge >= 0.3 is 0 Å². The Labute approximate surface area is 116 Å². The van der Waals surface area contributed by atoms with Crippen molar-refractivity contribution in [3.8, 4) is 0 Å². The second-order valence-corrected chi connectivity index (χ2v) is 5.88. The molecule has 0 aromatic heterocycles. The van der Waals surface area contributed by atoms with Crippen molar-refractivity contribution in [1.29, 1.82) is 0 Å². The first kappa shape index (κ1) is 14.8. The Morgan fingerprint density at radius 2 is 2.05 bits per heavy atom. The van der Waals surface area contributed by atoms with E-state index in [1.54, 1.807) is 0 Å². The highest BCUT2D eigenvalue weighted by Gasteiger charge is 2.17. The van der Waals surface area contributed by atoms with Gasteiger partial charge in [-0.05, 0) is 64.0 Å². The number of hydrogen-bond acceptors (Lipinski definition) is 3. The van der Waals surface area contributed by atoms with E-state index in [4.69, 9.17) is 4.74 Å². The van der Waals surface area contributed by atoms with E-state index in [0.29, 0.717) is 18.4 Å². The van der Waals surface area contributed by atoms with E-state index in [9.17, 15) is 4.79 Å². The molecule has 0 aromatic rings. The molecule has 0 spiro atoms. The van der Waals surface area contributed by atoms with Crippen molar-refractivity contribution in [1.82, 2.24) is 10.6 Å². The van der Waals surface area contributed by atoms with Crippen LogP contribution in [0.4, 0.5) is 0 Å². The minimum Gasteiger partial charge on any atom is -0.378 e. The number of nitrogens with one attached hydrogen (secondary N) is 2. The molecular formula is C15H28N2O2. The lowest BCUT2D eigenvalue weighted by Gasteiger charge is -2.21. The summed E-state index contributed by atoms with van der Waals surface area (Å²) < 4.78 is 5.59. The molecule has 0 unspecified atom stereocenters. The van der Waals surface area contributed by atoms with E-state index >= 15 is 0 Å². The van der Waals surface area contributed by atoms with E-state index in [0.717, 1.165) is 58.3 Å². The number of ether oxygens (including phenoxy) is 1. The number of hydrogen-bond donors (Lipinski definition) is 2. The van der Waals surface area contributed by atoms with Crippen LogP contribution in [0.15, 0.2) is 0 Å². The van der Waals surface area contributed by atoms with Crippen molar-refractivity contribution >= 4 is 5.91 Å². The summed E-state index contributed by atoms with van der Waals surface area (Å²) in [4.78, 5) is 11.8. The monoisotopic (exact) mass is 268 g/mol. The maximum atomic E-state index is 11.8. The van der Waals surface area contributed by atoms with Crippen LogP contribution in [-0.4, -0.2) is 38.3 Å². The van der Waals surface area contributed by atoms with Crippen molar-refractivity contribution in [3.63, 3.8) is 0 Å². The fourth-order valence-electron chi connectivity index (χ4n) is 3.02. The Hall–Kier alpha value is -0.610. The van der Waals surface area contributed by atoms with Crippen LogP contribution in [0, 0.1) is 5.92 Å². The van der Waals surface area contributed by atoms with Crippen LogP contribution >= 0.6 is 0 Å². The molecule has 110 valence electrons. The smallest absolute Gasteiger partial charge is 0.220 e. The summed E-state index contributed by atoms with van der Waals surface area (Å²) in [6.07, 6.45) is 9.34. The number of unbranched alkanes of at least 4 members (excludes halogenated alkanes) is 1. The van der Waals surface area contributed by atoms with Crippen LogP contribution in [0.3, 0.4) is 0 Å². The summed E-state index contributed by atoms with van der Waals surface area (Å²) in [5, 5.41) is 6.39. The van der Waals surface area contributed by atoms with Gasteiger partial charge < -0.3 is 15.4 Å². The highest BCUT2D eigenvalue weighted by molar-refractivity contribution is 5.76. The molecule has 2 saturated heterocycles. The molecule has 2 aliphatic heterocycles. The minimum atomic E-state index is 0.240. The summed E-state index contributed by atoms with van der Waals surface area (Å²) in [7, 11) is 0. The average Bonchev–Trinajstić information content (AvgIpc) is 2.92. The molecule has 0 aliphatic carbocycles. The quantitative estimate of drug-likeness (QED) is 0.693. The van der Waals surface area contributed by atoms with Gasteiger partial charge in [-0.15, -0.1) is 0 Å². The van der Waals surface area contributed by atoms with Gasteiger partial charge in [-0.2, -0.15) is 0 Å². The molecule has 0 saturated carbocycles. The van der Waals surface area contributed by atoms with E-state index in [-0.39, 0.29) is 5.91 Å². The normalized spacial score (nSPS) is 24.5. The molecule has 2 heterocycles. The zero-order chi connectivity index (χ0) is 13.3. The molecule has 2 fully saturated rings. The molecular weight excluding hydrogens is 240 g/mol. The largest absolute Gasteiger partial charge is 0.378 e. The SMILES string of the molecule is O=C(CC1CCNCC1)NCCCC[C@H]1CCCO1. The number of amides is 1. The second kappa shape index (κ2) is 8.54. The third-order valence-corrected chi connectivity index (χ3v) is 4.23. The maximum absolute atomic E-state index is 11.8. The van der Waals surface area contributed by atoms with Crippen LogP contribution < -0.4 is 10.6 Å². The third kappa shape index (κ3) is 5.91. The first-order valence-electron chi connectivity index (χ1n) is 7.93. The first-order valence-corrected chi connectivity index (χ1v) is 7.93. The molecule has 1 amide bonds. The maximum Gasteiger partial charge on any atom is 0.220 e. The summed E-state index contributed by atoms with van der Waals surface area (Å²) in [5.74, 6) is 0.831. The summed E-state index contributed by atoms with van der Waals surface area (Å²) in [5.41, 5.74) is 0. The van der Waals surface area contributed by atoms with E-state index in [1.807, 2.05) is 0 Å². The number of rotatable bonds is 7. The van der Waals surface area contributed by atoms with Crippen LogP contribution in [0.25, 0.3) is 0 Å². The van der Waals surface area contributed by atoms with Gasteiger partial charge in [0.15, 0.2) is 0 Å². The van der Waals surface area contributed by atoms with Gasteiger partial charge in [0.05, 0.1) is 6.10 Å². The van der Waals surface area contributed by atoms with Gasteiger partial charge in [0.2, 0.25) is 5.91 Å². The molecule has 0 radical (unpaired) electrons. The molecule has 0 aromatic carbocycles. The number of piperidine rings is 1. The predicted octanol–water partition coefficient (Wildman–Crippen LogP) is 1.84. The second-order valence-electron chi connectivity index (χ2n) is 5.88. The minimum absolute atomic E-state index is 0.240. The van der Waals surface area contributed by atoms with Crippen LogP contribution in [0.1, 0.15) is 51.4 Å². The third-order valence-electron chi connectivity index (χ3n) is 4.23. The Bertz CT molecular complexity index is 259.